The molecule has 6 bridgehead atoms. The summed E-state index contributed by atoms with van der Waals surface area (Å²) in [5, 5.41) is 0. The van der Waals surface area contributed by atoms with Gasteiger partial charge in [0.2, 0.25) is 0 Å². The fraction of sp³-hybridized carbons (Fsp3) is 0.455. The molecule has 1 aliphatic heterocycles. The molecular weight excluding hydrogens is 343 g/mol. The Morgan fingerprint density at radius 3 is 3.00 bits per heavy atom. The van der Waals surface area contributed by atoms with E-state index in [0.29, 0.717) is 43.5 Å². The van der Waals surface area contributed by atoms with Gasteiger partial charge in [0, 0.05) is 6.42 Å². The van der Waals surface area contributed by atoms with Gasteiger partial charge >= 0.3 is 0 Å². The van der Waals surface area contributed by atoms with Gasteiger partial charge in [0.25, 0.3) is 0 Å². The van der Waals surface area contributed by atoms with E-state index < -0.39 is 0 Å². The molecule has 1 fully saturated rings. The second kappa shape index (κ2) is 8.61. The highest BCUT2D eigenvalue weighted by Crippen LogP contribution is 2.29. The zero-order chi connectivity index (χ0) is 18.5. The Labute approximate surface area is 159 Å². The van der Waals surface area contributed by atoms with Gasteiger partial charge in [-0.3, -0.25) is 0 Å². The lowest BCUT2D eigenvalue weighted by Gasteiger charge is -2.28. The first-order valence-electron chi connectivity index (χ1n) is 9.75. The Kier molecular flexibility index (Phi) is 5.78. The van der Waals surface area contributed by atoms with Crippen molar-refractivity contribution in [3.8, 4) is 5.75 Å². The quantitative estimate of drug-likeness (QED) is 0.651. The van der Waals surface area contributed by atoms with E-state index in [9.17, 15) is 4.39 Å². The summed E-state index contributed by atoms with van der Waals surface area (Å²) in [7, 11) is 0. The van der Waals surface area contributed by atoms with Crippen LogP contribution in [0.25, 0.3) is 0 Å². The fourth-order valence-corrected chi connectivity index (χ4v) is 3.92. The van der Waals surface area contributed by atoms with Crippen molar-refractivity contribution in [3.05, 3.63) is 65.5 Å². The lowest BCUT2D eigenvalue weighted by Crippen LogP contribution is -2.25. The van der Waals surface area contributed by atoms with E-state index in [4.69, 9.17) is 9.47 Å². The molecule has 0 radical (unpaired) electrons. The first-order chi connectivity index (χ1) is 13.3. The summed E-state index contributed by atoms with van der Waals surface area (Å²) in [5.74, 6) is 1.56. The molecule has 5 heteroatoms. The van der Waals surface area contributed by atoms with Gasteiger partial charge < -0.3 is 9.47 Å². The van der Waals surface area contributed by atoms with Crippen LogP contribution in [-0.4, -0.2) is 29.3 Å². The number of halogens is 1. The molecule has 1 aliphatic carbocycles. The summed E-state index contributed by atoms with van der Waals surface area (Å²) in [6.07, 6.45) is 11.0. The summed E-state index contributed by atoms with van der Waals surface area (Å²) < 4.78 is 26.1. The first kappa shape index (κ1) is 18.1. The highest BCUT2D eigenvalue weighted by Gasteiger charge is 2.24. The van der Waals surface area contributed by atoms with Gasteiger partial charge in [-0.25, -0.2) is 14.4 Å². The van der Waals surface area contributed by atoms with Crippen molar-refractivity contribution < 1.29 is 13.9 Å². The first-order valence-corrected chi connectivity index (χ1v) is 9.75. The number of aromatic nitrogens is 2. The lowest BCUT2D eigenvalue weighted by molar-refractivity contribution is 0.0288. The van der Waals surface area contributed by atoms with Crippen molar-refractivity contribution in [2.24, 2.45) is 5.92 Å². The van der Waals surface area contributed by atoms with E-state index in [2.05, 4.69) is 9.97 Å². The third-order valence-corrected chi connectivity index (χ3v) is 5.29. The van der Waals surface area contributed by atoms with Crippen molar-refractivity contribution in [3.63, 3.8) is 0 Å². The molecule has 0 N–H and O–H groups in total. The lowest BCUT2D eigenvalue weighted by atomic mass is 9.84. The minimum absolute atomic E-state index is 0.240. The Balaban J connectivity index is 1.60. The predicted molar refractivity (Wildman–Crippen MR) is 101 cm³/mol. The summed E-state index contributed by atoms with van der Waals surface area (Å²) in [5.41, 5.74) is 1.58. The molecule has 142 valence electrons. The maximum absolute atomic E-state index is 14.3. The molecule has 4 rings (SSSR count). The second-order valence-electron chi connectivity index (χ2n) is 7.38. The molecular formula is C22H25FN2O2. The van der Waals surface area contributed by atoms with E-state index in [0.717, 1.165) is 37.0 Å². The number of fused-ring (bicyclic) bond motifs is 6. The van der Waals surface area contributed by atoms with Crippen LogP contribution in [0.4, 0.5) is 4.39 Å². The SMILES string of the molecule is Fc1cnc2nc1CC1CCCC(C1)OC/C=C/COc1cccc(c1)C2. The smallest absolute Gasteiger partial charge is 0.162 e. The van der Waals surface area contributed by atoms with Crippen molar-refractivity contribution >= 4 is 0 Å². The van der Waals surface area contributed by atoms with Crippen LogP contribution < -0.4 is 4.74 Å². The summed E-state index contributed by atoms with van der Waals surface area (Å²) in [6, 6.07) is 7.89. The van der Waals surface area contributed by atoms with Crippen molar-refractivity contribution in [2.45, 2.75) is 44.6 Å². The molecule has 2 aliphatic rings. The van der Waals surface area contributed by atoms with Crippen LogP contribution in [0, 0.1) is 11.7 Å². The number of rotatable bonds is 0. The molecule has 0 spiro atoms. The van der Waals surface area contributed by atoms with Gasteiger partial charge in [-0.2, -0.15) is 0 Å². The van der Waals surface area contributed by atoms with Gasteiger partial charge in [0.05, 0.1) is 24.6 Å². The highest BCUT2D eigenvalue weighted by molar-refractivity contribution is 5.30. The third kappa shape index (κ3) is 4.92. The van der Waals surface area contributed by atoms with Crippen LogP contribution in [0.3, 0.4) is 0 Å². The molecule has 27 heavy (non-hydrogen) atoms. The Morgan fingerprint density at radius 2 is 2.04 bits per heavy atom. The zero-order valence-corrected chi connectivity index (χ0v) is 15.4. The number of hydrogen-bond acceptors (Lipinski definition) is 4. The molecule has 2 unspecified atom stereocenters. The van der Waals surface area contributed by atoms with E-state index >= 15 is 0 Å². The fourth-order valence-electron chi connectivity index (χ4n) is 3.92. The Hall–Kier alpha value is -2.27. The maximum Gasteiger partial charge on any atom is 0.162 e. The van der Waals surface area contributed by atoms with E-state index in [1.807, 2.05) is 36.4 Å². The number of ether oxygens (including phenoxy) is 2. The molecule has 1 saturated carbocycles. The molecule has 2 atom stereocenters. The average Bonchev–Trinajstić information content (AvgIpc) is 2.67. The van der Waals surface area contributed by atoms with Crippen LogP contribution >= 0.6 is 0 Å². The van der Waals surface area contributed by atoms with Gasteiger partial charge in [0.1, 0.15) is 18.2 Å². The van der Waals surface area contributed by atoms with Gasteiger partial charge in [-0.1, -0.05) is 24.6 Å². The average molecular weight is 368 g/mol. The van der Waals surface area contributed by atoms with Crippen molar-refractivity contribution in [1.29, 1.82) is 0 Å². The predicted octanol–water partition coefficient (Wildman–Crippen LogP) is 4.27. The minimum Gasteiger partial charge on any atom is -0.490 e. The maximum atomic E-state index is 14.3. The van der Waals surface area contributed by atoms with Crippen molar-refractivity contribution in [2.75, 3.05) is 13.2 Å². The summed E-state index contributed by atoms with van der Waals surface area (Å²) >= 11 is 0. The molecule has 0 amide bonds. The van der Waals surface area contributed by atoms with Crippen LogP contribution in [0.15, 0.2) is 42.6 Å². The molecule has 0 saturated heterocycles. The highest BCUT2D eigenvalue weighted by atomic mass is 19.1. The number of hydrogen-bond donors (Lipinski definition) is 0. The minimum atomic E-state index is -0.306. The van der Waals surface area contributed by atoms with Gasteiger partial charge in [-0.15, -0.1) is 0 Å². The largest absolute Gasteiger partial charge is 0.490 e. The molecule has 2 heterocycles. The van der Waals surface area contributed by atoms with Gasteiger partial charge in [0.15, 0.2) is 5.82 Å². The van der Waals surface area contributed by atoms with Crippen LogP contribution in [0.1, 0.15) is 42.8 Å². The standard InChI is InChI=1S/C22H25FN2O2/c23-20-15-24-22-14-17-6-4-8-19(12-17)27-10-2-1-9-26-18-7-3-5-16(11-18)13-21(20)25-22/h1-2,4,6,8,12,15-16,18H,3,5,7,9-11,13-14H2/b2-1+. The van der Waals surface area contributed by atoms with E-state index in [-0.39, 0.29) is 11.9 Å². The number of benzene rings is 1. The topological polar surface area (TPSA) is 44.2 Å². The third-order valence-electron chi connectivity index (χ3n) is 5.29. The number of nitrogens with zero attached hydrogens (tertiary/aromatic N) is 2. The molecule has 4 nitrogen and oxygen atoms in total. The normalized spacial score (nSPS) is 24.5. The monoisotopic (exact) mass is 368 g/mol. The summed E-state index contributed by atoms with van der Waals surface area (Å²) in [6.45, 7) is 1.10. The molecule has 2 aromatic rings. The second-order valence-corrected chi connectivity index (χ2v) is 7.38. The summed E-state index contributed by atoms with van der Waals surface area (Å²) in [4.78, 5) is 8.74. The van der Waals surface area contributed by atoms with Gasteiger partial charge in [-0.05, 0) is 55.4 Å². The molecule has 1 aromatic heterocycles. The van der Waals surface area contributed by atoms with E-state index in [1.165, 1.54) is 6.20 Å². The Bertz CT molecular complexity index is 809. The zero-order valence-electron chi connectivity index (χ0n) is 15.4. The van der Waals surface area contributed by atoms with Crippen LogP contribution in [0.2, 0.25) is 0 Å². The van der Waals surface area contributed by atoms with Crippen LogP contribution in [0.5, 0.6) is 5.75 Å². The van der Waals surface area contributed by atoms with Crippen molar-refractivity contribution in [1.82, 2.24) is 9.97 Å². The van der Waals surface area contributed by atoms with Crippen LogP contribution in [-0.2, 0) is 17.6 Å². The molecule has 1 aromatic carbocycles. The Morgan fingerprint density at radius 1 is 1.11 bits per heavy atom. The van der Waals surface area contributed by atoms with E-state index in [1.54, 1.807) is 0 Å².